The number of aliphatic hydroxyl groups excluding tert-OH is 6. The molecular weight excluding hydrogens is 340 g/mol. The highest BCUT2D eigenvalue weighted by molar-refractivity contribution is 6.07. The van der Waals surface area contributed by atoms with Crippen molar-refractivity contribution in [1.29, 1.82) is 0 Å². The topological polar surface area (TPSA) is 158 Å². The van der Waals surface area contributed by atoms with Crippen molar-refractivity contribution in [2.75, 3.05) is 19.8 Å². The van der Waals surface area contributed by atoms with Gasteiger partial charge in [0, 0.05) is 6.42 Å². The Balaban J connectivity index is 2.16. The summed E-state index contributed by atoms with van der Waals surface area (Å²) < 4.78 is 20.5. The molecule has 136 valence electrons. The van der Waals surface area contributed by atoms with Crippen molar-refractivity contribution in [3.05, 3.63) is 0 Å². The van der Waals surface area contributed by atoms with E-state index in [1.54, 1.807) is 0 Å². The van der Waals surface area contributed by atoms with Crippen molar-refractivity contribution in [3.63, 3.8) is 0 Å². The first-order chi connectivity index (χ1) is 10.9. The fourth-order valence-corrected chi connectivity index (χ4v) is 2.85. The Morgan fingerprint density at radius 3 is 2.26 bits per heavy atom. The molecule has 23 heavy (non-hydrogen) atoms. The zero-order chi connectivity index (χ0) is 17.2. The van der Waals surface area contributed by atoms with Gasteiger partial charge >= 0.3 is 0 Å². The van der Waals surface area contributed by atoms with E-state index in [0.29, 0.717) is 0 Å². The average molecular weight is 361 g/mol. The second kappa shape index (κ2) is 7.85. The molecule has 2 rings (SSSR count). The van der Waals surface area contributed by atoms with Gasteiger partial charge in [0.1, 0.15) is 37.1 Å². The summed E-state index contributed by atoms with van der Waals surface area (Å²) in [6, 6.07) is 0. The molecule has 2 aliphatic heterocycles. The molecule has 2 fully saturated rings. The number of ether oxygens (including phenoxy) is 3. The largest absolute Gasteiger partial charge is 0.394 e. The zero-order valence-electron chi connectivity index (χ0n) is 12.1. The standard InChI is InChI=1S/C12H21ClO10/c13-23-6-1-5(2-14)20-11(9(6)18)22-12(4-16)10(19)8(17)7(3-15)21-12/h5-11,14-19H,1-4H2/t5-,6-,7+,8+,9+,10-,11-,12+/m0/s1. The van der Waals surface area contributed by atoms with Crippen LogP contribution in [0, 0.1) is 0 Å². The maximum absolute atomic E-state index is 10.1. The third-order valence-electron chi connectivity index (χ3n) is 4.02. The van der Waals surface area contributed by atoms with Crippen LogP contribution in [0.2, 0.25) is 0 Å². The minimum absolute atomic E-state index is 0.0957. The third kappa shape index (κ3) is 3.62. The lowest BCUT2D eigenvalue weighted by atomic mass is 10.0. The van der Waals surface area contributed by atoms with Crippen LogP contribution in [-0.4, -0.2) is 99.2 Å². The minimum Gasteiger partial charge on any atom is -0.394 e. The molecule has 8 atom stereocenters. The van der Waals surface area contributed by atoms with Gasteiger partial charge in [-0.25, -0.2) is 0 Å². The first-order valence-electron chi connectivity index (χ1n) is 7.07. The number of hydrogen-bond donors (Lipinski definition) is 6. The molecule has 0 bridgehead atoms. The van der Waals surface area contributed by atoms with E-state index >= 15 is 0 Å². The van der Waals surface area contributed by atoms with E-state index in [9.17, 15) is 25.5 Å². The third-order valence-corrected chi connectivity index (χ3v) is 4.25. The normalized spacial score (nSPS) is 47.9. The lowest BCUT2D eigenvalue weighted by Crippen LogP contribution is -2.58. The highest BCUT2D eigenvalue weighted by Gasteiger charge is 2.57. The van der Waals surface area contributed by atoms with Crippen LogP contribution in [-0.2, 0) is 18.5 Å². The summed E-state index contributed by atoms with van der Waals surface area (Å²) in [4.78, 5) is 0. The zero-order valence-corrected chi connectivity index (χ0v) is 12.8. The minimum atomic E-state index is -2.12. The highest BCUT2D eigenvalue weighted by Crippen LogP contribution is 2.36. The summed E-state index contributed by atoms with van der Waals surface area (Å²) in [7, 11) is 0. The molecule has 0 aliphatic carbocycles. The molecule has 0 aromatic rings. The Labute approximate surface area is 136 Å². The number of hydrogen-bond acceptors (Lipinski definition) is 10. The predicted octanol–water partition coefficient (Wildman–Crippen LogP) is -3.19. The molecule has 0 saturated carbocycles. The van der Waals surface area contributed by atoms with Crippen molar-refractivity contribution < 1.29 is 49.1 Å². The van der Waals surface area contributed by atoms with Gasteiger partial charge in [0.25, 0.3) is 0 Å². The van der Waals surface area contributed by atoms with Crippen molar-refractivity contribution in [2.45, 2.75) is 55.1 Å². The number of rotatable bonds is 6. The Hall–Kier alpha value is -0.110. The molecule has 0 aromatic heterocycles. The Kier molecular flexibility index (Phi) is 6.56. The van der Waals surface area contributed by atoms with E-state index in [1.807, 2.05) is 0 Å². The van der Waals surface area contributed by atoms with Gasteiger partial charge in [-0.2, -0.15) is 0 Å². The molecule has 2 saturated heterocycles. The molecule has 0 unspecified atom stereocenters. The summed E-state index contributed by atoms with van der Waals surface area (Å²) in [5, 5.41) is 57.8. The Morgan fingerprint density at radius 1 is 1.09 bits per heavy atom. The van der Waals surface area contributed by atoms with Crippen LogP contribution in [0.15, 0.2) is 0 Å². The fourth-order valence-electron chi connectivity index (χ4n) is 2.67. The van der Waals surface area contributed by atoms with Gasteiger partial charge < -0.3 is 44.8 Å². The van der Waals surface area contributed by atoms with Crippen LogP contribution < -0.4 is 0 Å². The van der Waals surface area contributed by atoms with Crippen LogP contribution in [0.1, 0.15) is 6.42 Å². The van der Waals surface area contributed by atoms with Crippen molar-refractivity contribution in [2.24, 2.45) is 0 Å². The lowest BCUT2D eigenvalue weighted by Gasteiger charge is -2.41. The maximum atomic E-state index is 10.1. The van der Waals surface area contributed by atoms with Gasteiger partial charge in [0.05, 0.1) is 31.2 Å². The predicted molar refractivity (Wildman–Crippen MR) is 72.0 cm³/mol. The average Bonchev–Trinajstić information content (AvgIpc) is 2.81. The fraction of sp³-hybridized carbons (Fsp3) is 1.00. The van der Waals surface area contributed by atoms with Crippen LogP contribution in [0.25, 0.3) is 0 Å². The first-order valence-corrected chi connectivity index (χ1v) is 7.38. The van der Waals surface area contributed by atoms with Gasteiger partial charge in [-0.15, -0.1) is 0 Å². The van der Waals surface area contributed by atoms with Crippen LogP contribution in [0.4, 0.5) is 0 Å². The Morgan fingerprint density at radius 2 is 1.78 bits per heavy atom. The van der Waals surface area contributed by atoms with E-state index < -0.39 is 68.5 Å². The van der Waals surface area contributed by atoms with Gasteiger partial charge in [-0.05, 0) is 0 Å². The second-order valence-electron chi connectivity index (χ2n) is 5.52. The van der Waals surface area contributed by atoms with Crippen molar-refractivity contribution in [1.82, 2.24) is 0 Å². The summed E-state index contributed by atoms with van der Waals surface area (Å²) in [5.74, 6) is -2.12. The van der Waals surface area contributed by atoms with Gasteiger partial charge in [0.15, 0.2) is 6.29 Å². The molecule has 2 heterocycles. The first kappa shape index (κ1) is 19.2. The summed E-state index contributed by atoms with van der Waals surface area (Å²) in [6.07, 6.45) is -8.87. The highest BCUT2D eigenvalue weighted by atomic mass is 35.5. The Bertz CT molecular complexity index is 387. The number of halogens is 1. The van der Waals surface area contributed by atoms with Crippen LogP contribution >= 0.6 is 11.9 Å². The second-order valence-corrected chi connectivity index (χ2v) is 5.70. The molecule has 0 spiro atoms. The van der Waals surface area contributed by atoms with E-state index in [1.165, 1.54) is 0 Å². The van der Waals surface area contributed by atoms with Gasteiger partial charge in [0.2, 0.25) is 5.79 Å². The maximum Gasteiger partial charge on any atom is 0.224 e. The summed E-state index contributed by atoms with van der Waals surface area (Å²) in [6.45, 7) is -1.91. The lowest BCUT2D eigenvalue weighted by molar-refractivity contribution is -0.372. The monoisotopic (exact) mass is 360 g/mol. The molecule has 0 amide bonds. The molecule has 10 nitrogen and oxygen atoms in total. The van der Waals surface area contributed by atoms with Gasteiger partial charge in [-0.1, -0.05) is 0 Å². The summed E-state index contributed by atoms with van der Waals surface area (Å²) >= 11 is 5.29. The van der Waals surface area contributed by atoms with Crippen molar-refractivity contribution >= 4 is 11.9 Å². The van der Waals surface area contributed by atoms with E-state index in [4.69, 9.17) is 31.2 Å². The SMILES string of the molecule is OC[C@@H]1C[C@H](OCl)[C@@H](O)[C@H](O[C@@]2(CO)O[C@H](CO)[C@@H](O)[C@@H]2O)O1. The molecule has 2 aliphatic rings. The van der Waals surface area contributed by atoms with Crippen LogP contribution in [0.5, 0.6) is 0 Å². The molecule has 6 N–H and O–H groups in total. The smallest absolute Gasteiger partial charge is 0.224 e. The molecule has 0 radical (unpaired) electrons. The van der Waals surface area contributed by atoms with E-state index in [-0.39, 0.29) is 6.42 Å². The molecule has 11 heteroatoms. The number of aliphatic hydroxyl groups is 6. The van der Waals surface area contributed by atoms with E-state index in [0.717, 1.165) is 0 Å². The summed E-state index contributed by atoms with van der Waals surface area (Å²) in [5.41, 5.74) is 0. The van der Waals surface area contributed by atoms with E-state index in [2.05, 4.69) is 4.29 Å². The van der Waals surface area contributed by atoms with Gasteiger partial charge in [-0.3, -0.25) is 4.29 Å². The quantitative estimate of drug-likeness (QED) is 0.285. The molecule has 0 aromatic carbocycles. The van der Waals surface area contributed by atoms with Crippen molar-refractivity contribution in [3.8, 4) is 0 Å². The van der Waals surface area contributed by atoms with Crippen LogP contribution in [0.3, 0.4) is 0 Å². The molecular formula is C12H21ClO10.